The van der Waals surface area contributed by atoms with E-state index in [9.17, 15) is 19.1 Å². The lowest BCUT2D eigenvalue weighted by Crippen LogP contribution is -2.38. The van der Waals surface area contributed by atoms with Gasteiger partial charge in [0.25, 0.3) is 5.56 Å². The Morgan fingerprint density at radius 1 is 1.23 bits per heavy atom. The molecule has 0 fully saturated rings. The average Bonchev–Trinajstić information content (AvgIpc) is 3.03. The first-order chi connectivity index (χ1) is 12.4. The molecule has 0 saturated carbocycles. The monoisotopic (exact) mass is 362 g/mol. The highest BCUT2D eigenvalue weighted by Gasteiger charge is 2.16. The number of hydrogen-bond donors (Lipinski definition) is 1. The van der Waals surface area contributed by atoms with Crippen molar-refractivity contribution in [2.75, 3.05) is 6.61 Å². The molecule has 1 aromatic carbocycles. The second-order valence-electron chi connectivity index (χ2n) is 6.04. The number of fused-ring (bicyclic) bond motifs is 1. The van der Waals surface area contributed by atoms with Crippen LogP contribution in [0, 0.1) is 5.82 Å². The van der Waals surface area contributed by atoms with Crippen molar-refractivity contribution in [1.29, 1.82) is 0 Å². The molecule has 0 aliphatic rings. The number of imidazole rings is 1. The lowest BCUT2D eigenvalue weighted by Gasteiger charge is -2.13. The van der Waals surface area contributed by atoms with Crippen molar-refractivity contribution in [1.82, 2.24) is 18.7 Å². The summed E-state index contributed by atoms with van der Waals surface area (Å²) in [5, 5.41) is 10.2. The molecule has 1 N–H and O–H groups in total. The third-order valence-corrected chi connectivity index (χ3v) is 4.15. The molecule has 9 heteroatoms. The molecule has 0 spiro atoms. The first-order valence-corrected chi connectivity index (χ1v) is 8.00. The van der Waals surface area contributed by atoms with Gasteiger partial charge in [-0.1, -0.05) is 18.2 Å². The Labute approximate surface area is 147 Å². The first kappa shape index (κ1) is 18.0. The molecule has 2 heterocycles. The van der Waals surface area contributed by atoms with Crippen molar-refractivity contribution in [3.8, 4) is 0 Å². The maximum Gasteiger partial charge on any atom is 0.332 e. The van der Waals surface area contributed by atoms with Crippen molar-refractivity contribution in [2.24, 2.45) is 14.1 Å². The molecule has 1 unspecified atom stereocenters. The maximum atomic E-state index is 13.5. The summed E-state index contributed by atoms with van der Waals surface area (Å²) >= 11 is 0. The van der Waals surface area contributed by atoms with Gasteiger partial charge in [0, 0.05) is 19.7 Å². The Bertz CT molecular complexity index is 1050. The van der Waals surface area contributed by atoms with Crippen LogP contribution in [0.25, 0.3) is 11.2 Å². The van der Waals surface area contributed by atoms with E-state index in [4.69, 9.17) is 4.74 Å². The normalized spacial score (nSPS) is 12.6. The molecule has 0 radical (unpaired) electrons. The molecular weight excluding hydrogens is 343 g/mol. The van der Waals surface area contributed by atoms with E-state index in [1.54, 1.807) is 18.2 Å². The zero-order valence-corrected chi connectivity index (χ0v) is 14.4. The number of aromatic nitrogens is 4. The molecule has 8 nitrogen and oxygen atoms in total. The van der Waals surface area contributed by atoms with E-state index in [0.717, 1.165) is 4.57 Å². The fourth-order valence-electron chi connectivity index (χ4n) is 2.74. The minimum absolute atomic E-state index is 0.0324. The third kappa shape index (κ3) is 3.31. The van der Waals surface area contributed by atoms with Gasteiger partial charge in [-0.3, -0.25) is 13.9 Å². The van der Waals surface area contributed by atoms with Crippen molar-refractivity contribution in [3.05, 3.63) is 62.8 Å². The molecule has 0 aliphatic carbocycles. The summed E-state index contributed by atoms with van der Waals surface area (Å²) in [6.07, 6.45) is 0.465. The van der Waals surface area contributed by atoms with Gasteiger partial charge in [0.15, 0.2) is 11.2 Å². The molecule has 3 aromatic rings. The number of aliphatic hydroxyl groups is 1. The van der Waals surface area contributed by atoms with Gasteiger partial charge >= 0.3 is 5.69 Å². The van der Waals surface area contributed by atoms with Crippen molar-refractivity contribution < 1.29 is 14.2 Å². The summed E-state index contributed by atoms with van der Waals surface area (Å²) < 4.78 is 22.6. The minimum atomic E-state index is -0.930. The molecular formula is C17H19FN4O4. The zero-order valence-electron chi connectivity index (χ0n) is 14.4. The summed E-state index contributed by atoms with van der Waals surface area (Å²) in [4.78, 5) is 28.3. The van der Waals surface area contributed by atoms with Crippen LogP contribution in [0.1, 0.15) is 5.56 Å². The summed E-state index contributed by atoms with van der Waals surface area (Å²) in [5.74, 6) is -0.369. The highest BCUT2D eigenvalue weighted by Crippen LogP contribution is 2.09. The minimum Gasteiger partial charge on any atom is -0.389 e. The van der Waals surface area contributed by atoms with E-state index in [-0.39, 0.29) is 36.7 Å². The van der Waals surface area contributed by atoms with Gasteiger partial charge in [0.05, 0.1) is 32.2 Å². The average molecular weight is 362 g/mol. The third-order valence-electron chi connectivity index (χ3n) is 4.15. The van der Waals surface area contributed by atoms with Gasteiger partial charge < -0.3 is 14.4 Å². The van der Waals surface area contributed by atoms with Crippen LogP contribution < -0.4 is 11.2 Å². The quantitative estimate of drug-likeness (QED) is 0.674. The topological polar surface area (TPSA) is 91.3 Å². The number of nitrogens with zero attached hydrogens (tertiary/aromatic N) is 4. The Morgan fingerprint density at radius 2 is 1.96 bits per heavy atom. The predicted molar refractivity (Wildman–Crippen MR) is 92.3 cm³/mol. The lowest BCUT2D eigenvalue weighted by atomic mass is 10.2. The number of benzene rings is 1. The van der Waals surface area contributed by atoms with E-state index in [1.165, 1.54) is 35.6 Å². The molecule has 0 aliphatic heterocycles. The van der Waals surface area contributed by atoms with Crippen molar-refractivity contribution >= 4 is 11.2 Å². The smallest absolute Gasteiger partial charge is 0.332 e. The standard InChI is InChI=1S/C17H19FN4O4/c1-20-15-14(16(24)21(2)17(20)25)22(10-19-15)7-12(23)9-26-8-11-5-3-4-6-13(11)18/h3-6,10,12,23H,7-9H2,1-2H3. The van der Waals surface area contributed by atoms with Crippen LogP contribution in [0.5, 0.6) is 0 Å². The lowest BCUT2D eigenvalue weighted by molar-refractivity contribution is 0.0199. The predicted octanol–water partition coefficient (Wildman–Crippen LogP) is 0.150. The second-order valence-corrected chi connectivity index (χ2v) is 6.04. The van der Waals surface area contributed by atoms with Gasteiger partial charge in [0.2, 0.25) is 0 Å². The van der Waals surface area contributed by atoms with Gasteiger partial charge in [-0.2, -0.15) is 0 Å². The molecule has 138 valence electrons. The Balaban J connectivity index is 1.72. The number of ether oxygens (including phenoxy) is 1. The Morgan fingerprint density at radius 3 is 2.69 bits per heavy atom. The molecule has 26 heavy (non-hydrogen) atoms. The fourth-order valence-corrected chi connectivity index (χ4v) is 2.74. The van der Waals surface area contributed by atoms with Crippen molar-refractivity contribution in [2.45, 2.75) is 19.3 Å². The molecule has 0 bridgehead atoms. The van der Waals surface area contributed by atoms with Crippen molar-refractivity contribution in [3.63, 3.8) is 0 Å². The Hall–Kier alpha value is -2.78. The molecule has 2 aromatic heterocycles. The van der Waals surface area contributed by atoms with E-state index in [2.05, 4.69) is 4.98 Å². The van der Waals surface area contributed by atoms with E-state index >= 15 is 0 Å². The Kier molecular flexibility index (Phi) is 5.01. The van der Waals surface area contributed by atoms with Crippen LogP contribution in [-0.2, 0) is 32.0 Å². The largest absolute Gasteiger partial charge is 0.389 e. The number of halogens is 1. The highest BCUT2D eigenvalue weighted by atomic mass is 19.1. The molecule has 1 atom stereocenters. The first-order valence-electron chi connectivity index (χ1n) is 8.00. The van der Waals surface area contributed by atoms with Crippen LogP contribution in [-0.4, -0.2) is 36.5 Å². The van der Waals surface area contributed by atoms with E-state index in [0.29, 0.717) is 5.56 Å². The maximum absolute atomic E-state index is 13.5. The van der Waals surface area contributed by atoms with Gasteiger partial charge in [-0.25, -0.2) is 14.2 Å². The van der Waals surface area contributed by atoms with Crippen LogP contribution in [0.4, 0.5) is 4.39 Å². The van der Waals surface area contributed by atoms with Crippen LogP contribution >= 0.6 is 0 Å². The molecule has 3 rings (SSSR count). The second kappa shape index (κ2) is 7.22. The SMILES string of the molecule is Cn1c(=O)c2c(ncn2CC(O)COCc2ccccc2F)n(C)c1=O. The van der Waals surface area contributed by atoms with Crippen LogP contribution in [0.3, 0.4) is 0 Å². The molecule has 0 saturated heterocycles. The van der Waals surface area contributed by atoms with Crippen LogP contribution in [0.2, 0.25) is 0 Å². The summed E-state index contributed by atoms with van der Waals surface area (Å²) in [6.45, 7) is 0.0476. The van der Waals surface area contributed by atoms with E-state index < -0.39 is 17.4 Å². The number of rotatable bonds is 6. The number of aryl methyl sites for hydroxylation is 1. The number of aliphatic hydroxyl groups excluding tert-OH is 1. The number of hydrogen-bond acceptors (Lipinski definition) is 5. The summed E-state index contributed by atoms with van der Waals surface area (Å²) in [6, 6.07) is 6.24. The van der Waals surface area contributed by atoms with E-state index in [1.807, 2.05) is 0 Å². The van der Waals surface area contributed by atoms with Gasteiger partial charge in [-0.05, 0) is 6.07 Å². The van der Waals surface area contributed by atoms with Crippen LogP contribution in [0.15, 0.2) is 40.2 Å². The van der Waals surface area contributed by atoms with Gasteiger partial charge in [0.1, 0.15) is 5.82 Å². The summed E-state index contributed by atoms with van der Waals surface area (Å²) in [7, 11) is 2.91. The highest BCUT2D eigenvalue weighted by molar-refractivity contribution is 5.69. The summed E-state index contributed by atoms with van der Waals surface area (Å²) in [5.41, 5.74) is -0.0847. The molecule has 0 amide bonds. The fraction of sp³-hybridized carbons (Fsp3) is 0.353. The zero-order chi connectivity index (χ0) is 18.8. The van der Waals surface area contributed by atoms with Gasteiger partial charge in [-0.15, -0.1) is 0 Å².